The van der Waals surface area contributed by atoms with E-state index in [1.54, 1.807) is 29.2 Å². The number of carbonyl (C=O) groups excluding carboxylic acids is 1. The molecule has 0 bridgehead atoms. The molecule has 8 nitrogen and oxygen atoms in total. The zero-order chi connectivity index (χ0) is 26.2. The standard InChI is InChI=1S/C25H23ClFN3O5S2/c1-34-20-9-8-18(26)23-22(20)28-25(36-23)30(15-17-5-4-14-35-17)24(31)16-10-12-29(13-11-16)37(32,33)21-7-3-2-6-19(21)27/h2-9,14,16H,10-13,15H2,1H3. The third kappa shape index (κ3) is 4.96. The van der Waals surface area contributed by atoms with Gasteiger partial charge in [-0.1, -0.05) is 35.1 Å². The predicted octanol–water partition coefficient (Wildman–Crippen LogP) is 5.32. The van der Waals surface area contributed by atoms with Crippen LogP contribution >= 0.6 is 22.9 Å². The number of nitrogens with zero attached hydrogens (tertiary/aromatic N) is 3. The van der Waals surface area contributed by atoms with Crippen LogP contribution in [0.2, 0.25) is 5.02 Å². The fourth-order valence-corrected chi connectivity index (χ4v) is 7.17. The zero-order valence-corrected chi connectivity index (χ0v) is 22.2. The first-order chi connectivity index (χ1) is 17.8. The largest absolute Gasteiger partial charge is 0.494 e. The first-order valence-electron chi connectivity index (χ1n) is 11.5. The van der Waals surface area contributed by atoms with Crippen molar-refractivity contribution in [3.63, 3.8) is 0 Å². The van der Waals surface area contributed by atoms with Gasteiger partial charge in [-0.2, -0.15) is 4.31 Å². The number of piperidine rings is 1. The highest BCUT2D eigenvalue weighted by atomic mass is 35.5. The number of fused-ring (bicyclic) bond motifs is 1. The molecule has 0 unspecified atom stereocenters. The quantitative estimate of drug-likeness (QED) is 0.302. The number of hydrogen-bond donors (Lipinski definition) is 0. The average molecular weight is 564 g/mol. The number of hydrogen-bond acceptors (Lipinski definition) is 7. The molecule has 5 rings (SSSR count). The van der Waals surface area contributed by atoms with Gasteiger partial charge in [0.2, 0.25) is 15.9 Å². The summed E-state index contributed by atoms with van der Waals surface area (Å²) in [6.45, 7) is 0.349. The molecule has 2 aromatic heterocycles. The van der Waals surface area contributed by atoms with Gasteiger partial charge in [-0.25, -0.2) is 17.8 Å². The first kappa shape index (κ1) is 25.7. The van der Waals surface area contributed by atoms with Gasteiger partial charge in [-0.3, -0.25) is 9.69 Å². The van der Waals surface area contributed by atoms with E-state index in [1.807, 2.05) is 0 Å². The second-order valence-electron chi connectivity index (χ2n) is 8.54. The maximum absolute atomic E-state index is 14.2. The summed E-state index contributed by atoms with van der Waals surface area (Å²) >= 11 is 7.67. The molecule has 1 aliphatic heterocycles. The number of methoxy groups -OCH3 is 1. The van der Waals surface area contributed by atoms with Crippen molar-refractivity contribution in [3.05, 3.63) is 71.4 Å². The van der Waals surface area contributed by atoms with E-state index in [0.29, 0.717) is 31.9 Å². The third-order valence-electron chi connectivity index (χ3n) is 6.32. The molecule has 0 atom stereocenters. The van der Waals surface area contributed by atoms with E-state index in [4.69, 9.17) is 20.8 Å². The van der Waals surface area contributed by atoms with Crippen LogP contribution in [-0.4, -0.2) is 43.8 Å². The Morgan fingerprint density at radius 1 is 1.22 bits per heavy atom. The third-order valence-corrected chi connectivity index (χ3v) is 9.79. The molecule has 3 heterocycles. The van der Waals surface area contributed by atoms with E-state index >= 15 is 0 Å². The summed E-state index contributed by atoms with van der Waals surface area (Å²) in [4.78, 5) is 19.6. The second kappa shape index (κ2) is 10.4. The van der Waals surface area contributed by atoms with Crippen molar-refractivity contribution in [2.75, 3.05) is 25.1 Å². The lowest BCUT2D eigenvalue weighted by molar-refractivity contribution is -0.123. The van der Waals surface area contributed by atoms with Crippen LogP contribution < -0.4 is 9.64 Å². The van der Waals surface area contributed by atoms with Crippen LogP contribution in [0.4, 0.5) is 9.52 Å². The van der Waals surface area contributed by atoms with Crippen molar-refractivity contribution in [1.82, 2.24) is 9.29 Å². The van der Waals surface area contributed by atoms with E-state index in [-0.39, 0.29) is 43.3 Å². The molecule has 37 heavy (non-hydrogen) atoms. The number of anilines is 1. The number of thiazole rings is 1. The van der Waals surface area contributed by atoms with Crippen molar-refractivity contribution in [2.24, 2.45) is 5.92 Å². The maximum Gasteiger partial charge on any atom is 0.245 e. The summed E-state index contributed by atoms with van der Waals surface area (Å²) in [5, 5.41) is 0.931. The number of ether oxygens (including phenoxy) is 1. The minimum Gasteiger partial charge on any atom is -0.494 e. The number of aromatic nitrogens is 1. The fraction of sp³-hybridized carbons (Fsp3) is 0.280. The molecular formula is C25H23ClFN3O5S2. The van der Waals surface area contributed by atoms with Crippen molar-refractivity contribution in [3.8, 4) is 5.75 Å². The Kier molecular flexibility index (Phi) is 7.21. The van der Waals surface area contributed by atoms with Gasteiger partial charge < -0.3 is 9.15 Å². The van der Waals surface area contributed by atoms with E-state index in [0.717, 1.165) is 6.07 Å². The van der Waals surface area contributed by atoms with Gasteiger partial charge in [0, 0.05) is 19.0 Å². The molecule has 0 saturated carbocycles. The molecule has 1 saturated heterocycles. The molecule has 4 aromatic rings. The second-order valence-corrected chi connectivity index (χ2v) is 11.8. The van der Waals surface area contributed by atoms with Crippen molar-refractivity contribution in [1.29, 1.82) is 0 Å². The van der Waals surface area contributed by atoms with E-state index in [9.17, 15) is 17.6 Å². The minimum absolute atomic E-state index is 0.0984. The molecule has 0 aliphatic carbocycles. The van der Waals surface area contributed by atoms with E-state index < -0.39 is 21.8 Å². The highest BCUT2D eigenvalue weighted by Gasteiger charge is 2.36. The molecule has 194 valence electrons. The fourth-order valence-electron chi connectivity index (χ4n) is 4.38. The number of benzene rings is 2. The lowest BCUT2D eigenvalue weighted by Gasteiger charge is -2.32. The lowest BCUT2D eigenvalue weighted by atomic mass is 9.96. The monoisotopic (exact) mass is 563 g/mol. The van der Waals surface area contributed by atoms with Crippen LogP contribution in [0.15, 0.2) is 64.1 Å². The number of rotatable bonds is 7. The highest BCUT2D eigenvalue weighted by Crippen LogP contribution is 2.40. The van der Waals surface area contributed by atoms with Gasteiger partial charge in [0.15, 0.2) is 5.13 Å². The SMILES string of the molecule is COc1ccc(Cl)c2sc(N(Cc3ccco3)C(=O)C3CCN(S(=O)(=O)c4ccccc4F)CC3)nc12. The average Bonchev–Trinajstić information content (AvgIpc) is 3.58. The van der Waals surface area contributed by atoms with Crippen LogP contribution in [0.25, 0.3) is 10.2 Å². The Hall–Kier alpha value is -2.99. The Morgan fingerprint density at radius 2 is 1.97 bits per heavy atom. The zero-order valence-electron chi connectivity index (χ0n) is 19.8. The number of furan rings is 1. The summed E-state index contributed by atoms with van der Waals surface area (Å²) < 4.78 is 53.0. The van der Waals surface area contributed by atoms with Crippen LogP contribution in [-0.2, 0) is 21.4 Å². The molecular weight excluding hydrogens is 541 g/mol. The Balaban J connectivity index is 1.40. The van der Waals surface area contributed by atoms with Gasteiger partial charge in [-0.15, -0.1) is 0 Å². The molecule has 12 heteroatoms. The van der Waals surface area contributed by atoms with Crippen molar-refractivity contribution in [2.45, 2.75) is 24.3 Å². The summed E-state index contributed by atoms with van der Waals surface area (Å²) in [6, 6.07) is 12.2. The number of amides is 1. The number of halogens is 2. The van der Waals surface area contributed by atoms with Gasteiger partial charge in [0.05, 0.1) is 29.6 Å². The Labute approximate surface area is 222 Å². The van der Waals surface area contributed by atoms with Gasteiger partial charge >= 0.3 is 0 Å². The maximum atomic E-state index is 14.2. The summed E-state index contributed by atoms with van der Waals surface area (Å²) in [7, 11) is -2.47. The van der Waals surface area contributed by atoms with Crippen LogP contribution in [0.5, 0.6) is 5.75 Å². The van der Waals surface area contributed by atoms with Crippen molar-refractivity contribution >= 4 is 54.2 Å². The molecule has 0 spiro atoms. The predicted molar refractivity (Wildman–Crippen MR) is 139 cm³/mol. The summed E-state index contributed by atoms with van der Waals surface area (Å²) in [5.74, 6) is -0.334. The van der Waals surface area contributed by atoms with Gasteiger partial charge in [-0.05, 0) is 49.2 Å². The van der Waals surface area contributed by atoms with E-state index in [1.165, 1.54) is 47.2 Å². The molecule has 0 N–H and O–H groups in total. The normalized spacial score (nSPS) is 15.2. The minimum atomic E-state index is -4.01. The van der Waals surface area contributed by atoms with Crippen molar-refractivity contribution < 1.29 is 26.8 Å². The first-order valence-corrected chi connectivity index (χ1v) is 14.1. The molecule has 1 amide bonds. The Bertz CT molecular complexity index is 1530. The van der Waals surface area contributed by atoms with Crippen LogP contribution in [0.1, 0.15) is 18.6 Å². The molecule has 1 aliphatic rings. The highest BCUT2D eigenvalue weighted by molar-refractivity contribution is 7.89. The Morgan fingerprint density at radius 3 is 2.65 bits per heavy atom. The van der Waals surface area contributed by atoms with Crippen LogP contribution in [0.3, 0.4) is 0 Å². The summed E-state index contributed by atoms with van der Waals surface area (Å²) in [6.07, 6.45) is 2.11. The topological polar surface area (TPSA) is 93.0 Å². The van der Waals surface area contributed by atoms with Gasteiger partial charge in [0.1, 0.15) is 27.7 Å². The molecule has 0 radical (unpaired) electrons. The summed E-state index contributed by atoms with van der Waals surface area (Å²) in [5.41, 5.74) is 0.554. The molecule has 1 fully saturated rings. The van der Waals surface area contributed by atoms with Crippen LogP contribution in [0, 0.1) is 11.7 Å². The molecule has 2 aromatic carbocycles. The van der Waals surface area contributed by atoms with Gasteiger partial charge in [0.25, 0.3) is 0 Å². The smallest absolute Gasteiger partial charge is 0.245 e. The number of sulfonamides is 1. The number of carbonyl (C=O) groups is 1. The van der Waals surface area contributed by atoms with E-state index in [2.05, 4.69) is 4.98 Å². The lowest BCUT2D eigenvalue weighted by Crippen LogP contribution is -2.44.